The Bertz CT molecular complexity index is 241. The Kier molecular flexibility index (Phi) is 7.28. The highest BCUT2D eigenvalue weighted by molar-refractivity contribution is 5.75. The first-order chi connectivity index (χ1) is 8.69. The third-order valence-corrected chi connectivity index (χ3v) is 3.48. The summed E-state index contributed by atoms with van der Waals surface area (Å²) in [5.41, 5.74) is 0. The standard InChI is InChI=1S/C14H27NO3/c1-4-5-6-13(14(16)17-3)15(2)9-10-18-11-12-7-8-12/h12-13H,4-11H2,1-3H3. The molecule has 106 valence electrons. The van der Waals surface area contributed by atoms with Crippen molar-refractivity contribution in [3.05, 3.63) is 0 Å². The number of ether oxygens (including phenoxy) is 2. The molecule has 0 amide bonds. The third-order valence-electron chi connectivity index (χ3n) is 3.48. The van der Waals surface area contributed by atoms with Crippen LogP contribution < -0.4 is 0 Å². The van der Waals surface area contributed by atoms with Crippen molar-refractivity contribution in [3.63, 3.8) is 0 Å². The van der Waals surface area contributed by atoms with Crippen molar-refractivity contribution in [1.82, 2.24) is 4.90 Å². The minimum atomic E-state index is -0.131. The Hall–Kier alpha value is -0.610. The SMILES string of the molecule is CCCCC(C(=O)OC)N(C)CCOCC1CC1. The molecule has 1 saturated carbocycles. The molecule has 0 aromatic heterocycles. The lowest BCUT2D eigenvalue weighted by atomic mass is 10.1. The number of methoxy groups -OCH3 is 1. The second-order valence-electron chi connectivity index (χ2n) is 5.18. The molecule has 0 bridgehead atoms. The first kappa shape index (κ1) is 15.4. The van der Waals surface area contributed by atoms with Gasteiger partial charge in [-0.1, -0.05) is 19.8 Å². The molecular formula is C14H27NO3. The molecule has 1 fully saturated rings. The van der Waals surface area contributed by atoms with Crippen molar-refractivity contribution in [2.45, 2.75) is 45.1 Å². The lowest BCUT2D eigenvalue weighted by Gasteiger charge is -2.25. The molecule has 1 aliphatic carbocycles. The van der Waals surface area contributed by atoms with Crippen molar-refractivity contribution < 1.29 is 14.3 Å². The Labute approximate surface area is 111 Å². The Morgan fingerprint density at radius 2 is 2.17 bits per heavy atom. The van der Waals surface area contributed by atoms with Gasteiger partial charge in [0.2, 0.25) is 0 Å². The monoisotopic (exact) mass is 257 g/mol. The number of unbranched alkanes of at least 4 members (excludes halogenated alkanes) is 1. The van der Waals surface area contributed by atoms with Crippen LogP contribution in [-0.2, 0) is 14.3 Å². The summed E-state index contributed by atoms with van der Waals surface area (Å²) >= 11 is 0. The van der Waals surface area contributed by atoms with Crippen LogP contribution in [0.4, 0.5) is 0 Å². The van der Waals surface area contributed by atoms with E-state index < -0.39 is 0 Å². The molecule has 0 saturated heterocycles. The zero-order valence-electron chi connectivity index (χ0n) is 12.0. The fraction of sp³-hybridized carbons (Fsp3) is 0.929. The minimum absolute atomic E-state index is 0.125. The van der Waals surface area contributed by atoms with E-state index in [4.69, 9.17) is 9.47 Å². The van der Waals surface area contributed by atoms with Gasteiger partial charge in [0.15, 0.2) is 0 Å². The van der Waals surface area contributed by atoms with Crippen LogP contribution in [0, 0.1) is 5.92 Å². The summed E-state index contributed by atoms with van der Waals surface area (Å²) in [4.78, 5) is 13.8. The Morgan fingerprint density at radius 3 is 2.72 bits per heavy atom. The molecule has 0 aromatic rings. The van der Waals surface area contributed by atoms with Gasteiger partial charge in [0.05, 0.1) is 13.7 Å². The van der Waals surface area contributed by atoms with E-state index in [2.05, 4.69) is 6.92 Å². The van der Waals surface area contributed by atoms with E-state index in [-0.39, 0.29) is 12.0 Å². The number of esters is 1. The molecule has 1 aliphatic rings. The zero-order valence-corrected chi connectivity index (χ0v) is 12.0. The van der Waals surface area contributed by atoms with Gasteiger partial charge in [-0.2, -0.15) is 0 Å². The minimum Gasteiger partial charge on any atom is -0.468 e. The van der Waals surface area contributed by atoms with Gasteiger partial charge in [-0.3, -0.25) is 9.69 Å². The van der Waals surface area contributed by atoms with E-state index in [1.54, 1.807) is 0 Å². The smallest absolute Gasteiger partial charge is 0.323 e. The summed E-state index contributed by atoms with van der Waals surface area (Å²) < 4.78 is 10.5. The van der Waals surface area contributed by atoms with Crippen LogP contribution in [-0.4, -0.2) is 50.8 Å². The quantitative estimate of drug-likeness (QED) is 0.444. The highest BCUT2D eigenvalue weighted by atomic mass is 16.5. The maximum absolute atomic E-state index is 11.7. The van der Waals surface area contributed by atoms with Crippen molar-refractivity contribution in [1.29, 1.82) is 0 Å². The Balaban J connectivity index is 2.22. The summed E-state index contributed by atoms with van der Waals surface area (Å²) in [6.07, 6.45) is 5.64. The van der Waals surface area contributed by atoms with Crippen LogP contribution in [0.5, 0.6) is 0 Å². The van der Waals surface area contributed by atoms with Crippen molar-refractivity contribution >= 4 is 5.97 Å². The molecular weight excluding hydrogens is 230 g/mol. The number of hydrogen-bond acceptors (Lipinski definition) is 4. The maximum Gasteiger partial charge on any atom is 0.323 e. The number of rotatable bonds is 10. The van der Waals surface area contributed by atoms with E-state index in [0.29, 0.717) is 6.61 Å². The molecule has 4 nitrogen and oxygen atoms in total. The topological polar surface area (TPSA) is 38.8 Å². The first-order valence-corrected chi connectivity index (χ1v) is 7.04. The molecule has 0 aliphatic heterocycles. The van der Waals surface area contributed by atoms with Crippen molar-refractivity contribution in [3.8, 4) is 0 Å². The second kappa shape index (κ2) is 8.48. The molecule has 4 heteroatoms. The summed E-state index contributed by atoms with van der Waals surface area (Å²) in [6.45, 7) is 4.50. The van der Waals surface area contributed by atoms with E-state index in [0.717, 1.165) is 38.3 Å². The van der Waals surface area contributed by atoms with Gasteiger partial charge in [-0.15, -0.1) is 0 Å². The number of carbonyl (C=O) groups is 1. The summed E-state index contributed by atoms with van der Waals surface area (Å²) in [5, 5.41) is 0. The molecule has 18 heavy (non-hydrogen) atoms. The molecule has 0 heterocycles. The lowest BCUT2D eigenvalue weighted by molar-refractivity contribution is -0.147. The average Bonchev–Trinajstić information content (AvgIpc) is 3.18. The predicted molar refractivity (Wildman–Crippen MR) is 71.5 cm³/mol. The van der Waals surface area contributed by atoms with Gasteiger partial charge >= 0.3 is 5.97 Å². The summed E-state index contributed by atoms with van der Waals surface area (Å²) in [5.74, 6) is 0.667. The number of nitrogens with zero attached hydrogens (tertiary/aromatic N) is 1. The van der Waals surface area contributed by atoms with Crippen LogP contribution in [0.15, 0.2) is 0 Å². The molecule has 0 aromatic carbocycles. The predicted octanol–water partition coefficient (Wildman–Crippen LogP) is 2.08. The second-order valence-corrected chi connectivity index (χ2v) is 5.18. The zero-order chi connectivity index (χ0) is 13.4. The van der Waals surface area contributed by atoms with Crippen LogP contribution in [0.1, 0.15) is 39.0 Å². The van der Waals surface area contributed by atoms with E-state index in [9.17, 15) is 4.79 Å². The van der Waals surface area contributed by atoms with Crippen molar-refractivity contribution in [2.24, 2.45) is 5.92 Å². The maximum atomic E-state index is 11.7. The lowest BCUT2D eigenvalue weighted by Crippen LogP contribution is -2.41. The van der Waals surface area contributed by atoms with Crippen LogP contribution in [0.25, 0.3) is 0 Å². The Morgan fingerprint density at radius 1 is 1.44 bits per heavy atom. The molecule has 1 rings (SSSR count). The van der Waals surface area contributed by atoms with Gasteiger partial charge < -0.3 is 9.47 Å². The van der Waals surface area contributed by atoms with Crippen molar-refractivity contribution in [2.75, 3.05) is 33.9 Å². The third kappa shape index (κ3) is 5.83. The van der Waals surface area contributed by atoms with Gasteiger partial charge in [0.1, 0.15) is 6.04 Å². The van der Waals surface area contributed by atoms with E-state index >= 15 is 0 Å². The average molecular weight is 257 g/mol. The molecule has 1 atom stereocenters. The summed E-state index contributed by atoms with van der Waals surface area (Å²) in [7, 11) is 3.43. The number of hydrogen-bond donors (Lipinski definition) is 0. The molecule has 0 N–H and O–H groups in total. The van der Waals surface area contributed by atoms with Gasteiger partial charge in [-0.25, -0.2) is 0 Å². The number of carbonyl (C=O) groups excluding carboxylic acids is 1. The first-order valence-electron chi connectivity index (χ1n) is 7.04. The van der Waals surface area contributed by atoms with Gasteiger partial charge in [0.25, 0.3) is 0 Å². The van der Waals surface area contributed by atoms with Gasteiger partial charge in [-0.05, 0) is 32.2 Å². The largest absolute Gasteiger partial charge is 0.468 e. The fourth-order valence-electron chi connectivity index (χ4n) is 1.95. The molecule has 1 unspecified atom stereocenters. The molecule has 0 spiro atoms. The van der Waals surface area contributed by atoms with Crippen LogP contribution >= 0.6 is 0 Å². The molecule has 0 radical (unpaired) electrons. The van der Waals surface area contributed by atoms with Gasteiger partial charge in [0, 0.05) is 13.2 Å². The highest BCUT2D eigenvalue weighted by Crippen LogP contribution is 2.28. The normalized spacial score (nSPS) is 16.9. The van der Waals surface area contributed by atoms with Crippen LogP contribution in [0.3, 0.4) is 0 Å². The summed E-state index contributed by atoms with van der Waals surface area (Å²) in [6, 6.07) is -0.125. The number of likely N-dealkylation sites (N-methyl/N-ethyl adjacent to an activating group) is 1. The highest BCUT2D eigenvalue weighted by Gasteiger charge is 2.24. The van der Waals surface area contributed by atoms with E-state index in [1.807, 2.05) is 11.9 Å². The van der Waals surface area contributed by atoms with Crippen LogP contribution in [0.2, 0.25) is 0 Å². The van der Waals surface area contributed by atoms with E-state index in [1.165, 1.54) is 20.0 Å². The fourth-order valence-corrected chi connectivity index (χ4v) is 1.95.